The molecular formula is C16H18NO3S-. The Labute approximate surface area is 128 Å². The monoisotopic (exact) mass is 304 g/mol. The molecule has 0 aliphatic rings. The number of ether oxygens (including phenoxy) is 1. The molecule has 0 spiro atoms. The van der Waals surface area contributed by atoms with E-state index in [1.165, 1.54) is 16.9 Å². The maximum Gasteiger partial charge on any atom is 0.140 e. The molecule has 2 rings (SSSR count). The van der Waals surface area contributed by atoms with Crippen LogP contribution in [0, 0.1) is 0 Å². The number of hydrogen-bond donors (Lipinski definition) is 0. The molecule has 0 aliphatic heterocycles. The highest BCUT2D eigenvalue weighted by Gasteiger charge is 2.13. The minimum atomic E-state index is -1.12. The number of benzene rings is 1. The van der Waals surface area contributed by atoms with Crippen molar-refractivity contribution in [3.05, 3.63) is 45.9 Å². The number of carboxylic acids is 1. The number of aliphatic carboxylic acids is 1. The number of aromatic nitrogens is 1. The molecule has 1 heterocycles. The summed E-state index contributed by atoms with van der Waals surface area (Å²) in [5, 5.41) is 13.0. The quantitative estimate of drug-likeness (QED) is 0.850. The minimum absolute atomic E-state index is 0.119. The SMILES string of the molecule is CC(C)(C)c1ccc(OCc2nc(CC(=O)[O-])cs2)cc1. The van der Waals surface area contributed by atoms with Crippen LogP contribution in [0.4, 0.5) is 0 Å². The molecule has 2 aromatic rings. The lowest BCUT2D eigenvalue weighted by molar-refractivity contribution is -0.304. The number of thiazole rings is 1. The Bertz CT molecular complexity index is 611. The smallest absolute Gasteiger partial charge is 0.140 e. The Hall–Kier alpha value is -1.88. The van der Waals surface area contributed by atoms with Crippen molar-refractivity contribution in [2.75, 3.05) is 0 Å². The highest BCUT2D eigenvalue weighted by molar-refractivity contribution is 7.09. The fraction of sp³-hybridized carbons (Fsp3) is 0.375. The van der Waals surface area contributed by atoms with Crippen LogP contribution in [-0.4, -0.2) is 11.0 Å². The fourth-order valence-electron chi connectivity index (χ4n) is 1.84. The van der Waals surface area contributed by atoms with E-state index in [2.05, 4.69) is 37.9 Å². The molecule has 21 heavy (non-hydrogen) atoms. The summed E-state index contributed by atoms with van der Waals surface area (Å²) in [5.74, 6) is -0.342. The molecule has 0 aliphatic carbocycles. The third kappa shape index (κ3) is 4.56. The molecule has 1 aromatic carbocycles. The van der Waals surface area contributed by atoms with Crippen LogP contribution >= 0.6 is 11.3 Å². The maximum atomic E-state index is 10.5. The van der Waals surface area contributed by atoms with Crippen LogP contribution in [0.2, 0.25) is 0 Å². The lowest BCUT2D eigenvalue weighted by Crippen LogP contribution is -2.24. The van der Waals surface area contributed by atoms with E-state index < -0.39 is 5.97 Å². The molecule has 0 bridgehead atoms. The van der Waals surface area contributed by atoms with Crippen LogP contribution in [0.25, 0.3) is 0 Å². The Morgan fingerprint density at radius 1 is 1.29 bits per heavy atom. The standard InChI is InChI=1S/C16H19NO3S/c1-16(2,3)11-4-6-13(7-5-11)20-9-14-17-12(10-21-14)8-15(18)19/h4-7,10H,8-9H2,1-3H3,(H,18,19)/p-1. The molecule has 0 radical (unpaired) electrons. The van der Waals surface area contributed by atoms with Gasteiger partial charge in [-0.25, -0.2) is 4.98 Å². The van der Waals surface area contributed by atoms with Gasteiger partial charge < -0.3 is 14.6 Å². The fourth-order valence-corrected chi connectivity index (χ4v) is 2.55. The van der Waals surface area contributed by atoms with Gasteiger partial charge in [0.1, 0.15) is 17.4 Å². The summed E-state index contributed by atoms with van der Waals surface area (Å²) in [5.41, 5.74) is 1.88. The van der Waals surface area contributed by atoms with Crippen molar-refractivity contribution in [3.63, 3.8) is 0 Å². The molecular weight excluding hydrogens is 286 g/mol. The van der Waals surface area contributed by atoms with Crippen LogP contribution in [0.3, 0.4) is 0 Å². The van der Waals surface area contributed by atoms with E-state index in [1.54, 1.807) is 5.38 Å². The summed E-state index contributed by atoms with van der Waals surface area (Å²) in [6, 6.07) is 7.99. The van der Waals surface area contributed by atoms with Gasteiger partial charge in [0, 0.05) is 17.8 Å². The molecule has 0 fully saturated rings. The van der Waals surface area contributed by atoms with Crippen LogP contribution in [0.1, 0.15) is 37.0 Å². The van der Waals surface area contributed by atoms with E-state index in [1.807, 2.05) is 12.1 Å². The van der Waals surface area contributed by atoms with Crippen molar-refractivity contribution < 1.29 is 14.6 Å². The second-order valence-corrected chi connectivity index (χ2v) is 6.79. The highest BCUT2D eigenvalue weighted by Crippen LogP contribution is 2.24. The molecule has 4 nitrogen and oxygen atoms in total. The third-order valence-corrected chi connectivity index (χ3v) is 3.88. The van der Waals surface area contributed by atoms with Crippen molar-refractivity contribution >= 4 is 17.3 Å². The number of rotatable bonds is 5. The topological polar surface area (TPSA) is 62.2 Å². The van der Waals surface area contributed by atoms with Crippen molar-refractivity contribution in [3.8, 4) is 5.75 Å². The lowest BCUT2D eigenvalue weighted by Gasteiger charge is -2.19. The molecule has 0 N–H and O–H groups in total. The van der Waals surface area contributed by atoms with Gasteiger partial charge in [-0.2, -0.15) is 0 Å². The van der Waals surface area contributed by atoms with Gasteiger partial charge in [-0.05, 0) is 23.1 Å². The molecule has 0 saturated heterocycles. The summed E-state index contributed by atoms with van der Waals surface area (Å²) in [6.07, 6.45) is -0.156. The first-order valence-electron chi connectivity index (χ1n) is 6.71. The van der Waals surface area contributed by atoms with Crippen molar-refractivity contribution in [1.82, 2.24) is 4.98 Å². The molecule has 112 valence electrons. The highest BCUT2D eigenvalue weighted by atomic mass is 32.1. The van der Waals surface area contributed by atoms with E-state index >= 15 is 0 Å². The van der Waals surface area contributed by atoms with E-state index in [4.69, 9.17) is 4.74 Å². The van der Waals surface area contributed by atoms with Crippen LogP contribution in [0.15, 0.2) is 29.6 Å². The largest absolute Gasteiger partial charge is 0.550 e. The average molecular weight is 304 g/mol. The summed E-state index contributed by atoms with van der Waals surface area (Å²) in [4.78, 5) is 14.7. The number of carbonyl (C=O) groups is 1. The van der Waals surface area contributed by atoms with Gasteiger partial charge in [-0.3, -0.25) is 0 Å². The van der Waals surface area contributed by atoms with Gasteiger partial charge in [0.05, 0.1) is 5.69 Å². The van der Waals surface area contributed by atoms with Gasteiger partial charge in [-0.1, -0.05) is 32.9 Å². The molecule has 1 aromatic heterocycles. The molecule has 0 saturated carbocycles. The van der Waals surface area contributed by atoms with Crippen LogP contribution in [-0.2, 0) is 23.2 Å². The van der Waals surface area contributed by atoms with Crippen molar-refractivity contribution in [1.29, 1.82) is 0 Å². The maximum absolute atomic E-state index is 10.5. The van der Waals surface area contributed by atoms with E-state index in [0.29, 0.717) is 12.3 Å². The predicted octanol–water partition coefficient (Wildman–Crippen LogP) is 2.31. The molecule has 5 heteroatoms. The number of hydrogen-bond acceptors (Lipinski definition) is 5. The first-order valence-corrected chi connectivity index (χ1v) is 7.59. The average Bonchev–Trinajstić information content (AvgIpc) is 2.82. The van der Waals surface area contributed by atoms with Crippen molar-refractivity contribution in [2.45, 2.75) is 39.2 Å². The van der Waals surface area contributed by atoms with Gasteiger partial charge in [0.15, 0.2) is 0 Å². The molecule has 0 unspecified atom stereocenters. The first-order chi connectivity index (χ1) is 9.84. The van der Waals surface area contributed by atoms with Crippen LogP contribution < -0.4 is 9.84 Å². The van der Waals surface area contributed by atoms with Gasteiger partial charge in [-0.15, -0.1) is 11.3 Å². The summed E-state index contributed by atoms with van der Waals surface area (Å²) in [6.45, 7) is 6.83. The van der Waals surface area contributed by atoms with E-state index in [-0.39, 0.29) is 11.8 Å². The van der Waals surface area contributed by atoms with Gasteiger partial charge in [0.25, 0.3) is 0 Å². The number of nitrogens with zero attached hydrogens (tertiary/aromatic N) is 1. The van der Waals surface area contributed by atoms with Crippen LogP contribution in [0.5, 0.6) is 5.75 Å². The Morgan fingerprint density at radius 3 is 2.52 bits per heavy atom. The second kappa shape index (κ2) is 6.26. The Balaban J connectivity index is 1.94. The zero-order chi connectivity index (χ0) is 15.5. The zero-order valence-corrected chi connectivity index (χ0v) is 13.2. The number of carboxylic acid groups (broad SMARTS) is 1. The Kier molecular flexibility index (Phi) is 4.63. The van der Waals surface area contributed by atoms with E-state index in [0.717, 1.165) is 10.8 Å². The Morgan fingerprint density at radius 2 is 1.95 bits per heavy atom. The minimum Gasteiger partial charge on any atom is -0.550 e. The van der Waals surface area contributed by atoms with Crippen molar-refractivity contribution in [2.24, 2.45) is 0 Å². The lowest BCUT2D eigenvalue weighted by atomic mass is 9.87. The zero-order valence-electron chi connectivity index (χ0n) is 12.4. The second-order valence-electron chi connectivity index (χ2n) is 5.84. The van der Waals surface area contributed by atoms with Gasteiger partial charge in [0.2, 0.25) is 0 Å². The molecule has 0 atom stereocenters. The summed E-state index contributed by atoms with van der Waals surface area (Å²) < 4.78 is 5.66. The third-order valence-electron chi connectivity index (χ3n) is 3.01. The molecule has 0 amide bonds. The summed E-state index contributed by atoms with van der Waals surface area (Å²) >= 11 is 1.39. The number of carbonyl (C=O) groups excluding carboxylic acids is 1. The predicted molar refractivity (Wildman–Crippen MR) is 80.3 cm³/mol. The normalized spacial score (nSPS) is 11.4. The first kappa shape index (κ1) is 15.5. The van der Waals surface area contributed by atoms with E-state index in [9.17, 15) is 9.90 Å². The van der Waals surface area contributed by atoms with Gasteiger partial charge >= 0.3 is 0 Å². The summed E-state index contributed by atoms with van der Waals surface area (Å²) in [7, 11) is 0.